The Morgan fingerprint density at radius 1 is 1.10 bits per heavy atom. The lowest BCUT2D eigenvalue weighted by Crippen LogP contribution is -2.36. The van der Waals surface area contributed by atoms with Crippen LogP contribution >= 0.6 is 11.3 Å². The maximum absolute atomic E-state index is 12.1. The van der Waals surface area contributed by atoms with Crippen LogP contribution in [0, 0.1) is 0 Å². The van der Waals surface area contributed by atoms with Gasteiger partial charge in [0.25, 0.3) is 5.91 Å². The van der Waals surface area contributed by atoms with Crippen LogP contribution < -0.4 is 10.6 Å². The highest BCUT2D eigenvalue weighted by molar-refractivity contribution is 7.14. The van der Waals surface area contributed by atoms with E-state index in [9.17, 15) is 4.79 Å². The SMILES string of the molecule is O=C(NCCNC1CCCCCC1)c1cc2c(s1)CCC2. The molecule has 0 spiro atoms. The quantitative estimate of drug-likeness (QED) is 0.647. The van der Waals surface area contributed by atoms with Crippen molar-refractivity contribution >= 4 is 17.2 Å². The zero-order chi connectivity index (χ0) is 14.5. The molecule has 2 aliphatic rings. The summed E-state index contributed by atoms with van der Waals surface area (Å²) in [6, 6.07) is 2.76. The van der Waals surface area contributed by atoms with Gasteiger partial charge in [-0.05, 0) is 43.7 Å². The van der Waals surface area contributed by atoms with Gasteiger partial charge in [0.15, 0.2) is 0 Å². The molecule has 0 aliphatic heterocycles. The summed E-state index contributed by atoms with van der Waals surface area (Å²) in [5, 5.41) is 6.65. The first-order valence-electron chi connectivity index (χ1n) is 8.46. The van der Waals surface area contributed by atoms with Gasteiger partial charge in [-0.3, -0.25) is 4.79 Å². The molecule has 0 saturated heterocycles. The van der Waals surface area contributed by atoms with E-state index in [1.165, 1.54) is 55.4 Å². The van der Waals surface area contributed by atoms with Crippen molar-refractivity contribution in [2.45, 2.75) is 63.8 Å². The van der Waals surface area contributed by atoms with Crippen molar-refractivity contribution in [3.8, 4) is 0 Å². The Kier molecular flexibility index (Phi) is 5.31. The van der Waals surface area contributed by atoms with E-state index in [1.54, 1.807) is 11.3 Å². The van der Waals surface area contributed by atoms with Crippen molar-refractivity contribution in [1.82, 2.24) is 10.6 Å². The molecule has 0 radical (unpaired) electrons. The molecule has 1 aromatic heterocycles. The Morgan fingerprint density at radius 2 is 1.90 bits per heavy atom. The number of carbonyl (C=O) groups excluding carboxylic acids is 1. The van der Waals surface area contributed by atoms with Gasteiger partial charge in [0, 0.05) is 24.0 Å². The number of hydrogen-bond acceptors (Lipinski definition) is 3. The highest BCUT2D eigenvalue weighted by Crippen LogP contribution is 2.30. The highest BCUT2D eigenvalue weighted by atomic mass is 32.1. The number of rotatable bonds is 5. The standard InChI is InChI=1S/C17H26N2OS/c20-17(16-12-13-6-5-9-15(13)21-16)19-11-10-18-14-7-3-1-2-4-8-14/h12,14,18H,1-11H2,(H,19,20). The van der Waals surface area contributed by atoms with E-state index in [4.69, 9.17) is 0 Å². The van der Waals surface area contributed by atoms with Gasteiger partial charge < -0.3 is 10.6 Å². The molecule has 2 aliphatic carbocycles. The van der Waals surface area contributed by atoms with Crippen LogP contribution in [-0.4, -0.2) is 25.0 Å². The van der Waals surface area contributed by atoms with Crippen LogP contribution in [0.15, 0.2) is 6.07 Å². The van der Waals surface area contributed by atoms with Crippen molar-refractivity contribution in [1.29, 1.82) is 0 Å². The van der Waals surface area contributed by atoms with E-state index in [-0.39, 0.29) is 5.91 Å². The smallest absolute Gasteiger partial charge is 0.261 e. The number of fused-ring (bicyclic) bond motifs is 1. The van der Waals surface area contributed by atoms with Crippen LogP contribution in [0.4, 0.5) is 0 Å². The summed E-state index contributed by atoms with van der Waals surface area (Å²) >= 11 is 1.69. The van der Waals surface area contributed by atoms with Gasteiger partial charge in [-0.2, -0.15) is 0 Å². The topological polar surface area (TPSA) is 41.1 Å². The molecule has 0 atom stereocenters. The summed E-state index contributed by atoms with van der Waals surface area (Å²) in [5.74, 6) is 0.108. The van der Waals surface area contributed by atoms with Crippen LogP contribution in [0.25, 0.3) is 0 Å². The molecule has 3 rings (SSSR count). The molecule has 3 nitrogen and oxygen atoms in total. The molecule has 1 amide bonds. The van der Waals surface area contributed by atoms with E-state index in [1.807, 2.05) is 0 Å². The largest absolute Gasteiger partial charge is 0.350 e. The molecule has 0 bridgehead atoms. The van der Waals surface area contributed by atoms with E-state index < -0.39 is 0 Å². The summed E-state index contributed by atoms with van der Waals surface area (Å²) in [5.41, 5.74) is 1.40. The van der Waals surface area contributed by atoms with Gasteiger partial charge in [0.2, 0.25) is 0 Å². The monoisotopic (exact) mass is 306 g/mol. The summed E-state index contributed by atoms with van der Waals surface area (Å²) < 4.78 is 0. The number of amides is 1. The van der Waals surface area contributed by atoms with Crippen molar-refractivity contribution < 1.29 is 4.79 Å². The molecule has 1 saturated carbocycles. The minimum Gasteiger partial charge on any atom is -0.350 e. The van der Waals surface area contributed by atoms with Gasteiger partial charge in [0.05, 0.1) is 4.88 Å². The minimum atomic E-state index is 0.108. The first-order chi connectivity index (χ1) is 10.3. The zero-order valence-corrected chi connectivity index (χ0v) is 13.6. The molecular formula is C17H26N2OS. The third kappa shape index (κ3) is 4.07. The fourth-order valence-electron chi connectivity index (χ4n) is 3.46. The lowest BCUT2D eigenvalue weighted by molar-refractivity contribution is 0.0957. The van der Waals surface area contributed by atoms with Crippen molar-refractivity contribution in [3.63, 3.8) is 0 Å². The summed E-state index contributed by atoms with van der Waals surface area (Å²) in [7, 11) is 0. The number of nitrogens with one attached hydrogen (secondary N) is 2. The predicted molar refractivity (Wildman–Crippen MR) is 88.2 cm³/mol. The van der Waals surface area contributed by atoms with Gasteiger partial charge in [-0.1, -0.05) is 25.7 Å². The minimum absolute atomic E-state index is 0.108. The first kappa shape index (κ1) is 15.0. The lowest BCUT2D eigenvalue weighted by Gasteiger charge is -2.16. The number of aryl methyl sites for hydroxylation is 2. The predicted octanol–water partition coefficient (Wildman–Crippen LogP) is 3.28. The fourth-order valence-corrected chi connectivity index (χ4v) is 4.63. The summed E-state index contributed by atoms with van der Waals surface area (Å²) in [6.45, 7) is 1.62. The second-order valence-corrected chi connectivity index (χ2v) is 7.45. The fraction of sp³-hybridized carbons (Fsp3) is 0.706. The zero-order valence-electron chi connectivity index (χ0n) is 12.7. The Labute approximate surface area is 131 Å². The van der Waals surface area contributed by atoms with Crippen LogP contribution in [0.2, 0.25) is 0 Å². The van der Waals surface area contributed by atoms with Gasteiger partial charge in [0.1, 0.15) is 0 Å². The van der Waals surface area contributed by atoms with E-state index in [2.05, 4.69) is 16.7 Å². The number of thiophene rings is 1. The number of hydrogen-bond donors (Lipinski definition) is 2. The third-order valence-corrected chi connectivity index (χ3v) is 5.90. The maximum atomic E-state index is 12.1. The molecule has 21 heavy (non-hydrogen) atoms. The van der Waals surface area contributed by atoms with E-state index in [0.29, 0.717) is 6.04 Å². The lowest BCUT2D eigenvalue weighted by atomic mass is 10.1. The molecule has 4 heteroatoms. The van der Waals surface area contributed by atoms with Gasteiger partial charge in [-0.15, -0.1) is 11.3 Å². The molecule has 0 aromatic carbocycles. The molecule has 1 aromatic rings. The second kappa shape index (κ2) is 7.41. The molecule has 0 unspecified atom stereocenters. The van der Waals surface area contributed by atoms with Crippen molar-refractivity contribution in [3.05, 3.63) is 21.4 Å². The Bertz CT molecular complexity index is 454. The van der Waals surface area contributed by atoms with Crippen LogP contribution in [-0.2, 0) is 12.8 Å². The molecule has 1 fully saturated rings. The Hall–Kier alpha value is -0.870. The summed E-state index contributed by atoms with van der Waals surface area (Å²) in [4.78, 5) is 14.5. The van der Waals surface area contributed by atoms with E-state index >= 15 is 0 Å². The van der Waals surface area contributed by atoms with Crippen molar-refractivity contribution in [2.24, 2.45) is 0 Å². The van der Waals surface area contributed by atoms with Gasteiger partial charge in [-0.25, -0.2) is 0 Å². The normalized spacial score (nSPS) is 19.2. The number of carbonyl (C=O) groups is 1. The molecule has 116 valence electrons. The third-order valence-electron chi connectivity index (χ3n) is 4.67. The van der Waals surface area contributed by atoms with Crippen LogP contribution in [0.3, 0.4) is 0 Å². The average Bonchev–Trinajstić information content (AvgIpc) is 2.98. The van der Waals surface area contributed by atoms with Crippen molar-refractivity contribution in [2.75, 3.05) is 13.1 Å². The summed E-state index contributed by atoms with van der Waals surface area (Å²) in [6.07, 6.45) is 11.6. The molecule has 2 N–H and O–H groups in total. The Morgan fingerprint density at radius 3 is 2.67 bits per heavy atom. The van der Waals surface area contributed by atoms with Crippen LogP contribution in [0.1, 0.15) is 65.1 Å². The molecule has 1 heterocycles. The first-order valence-corrected chi connectivity index (χ1v) is 9.28. The highest BCUT2D eigenvalue weighted by Gasteiger charge is 2.18. The van der Waals surface area contributed by atoms with Gasteiger partial charge >= 0.3 is 0 Å². The average molecular weight is 306 g/mol. The Balaban J connectivity index is 1.37. The van der Waals surface area contributed by atoms with E-state index in [0.717, 1.165) is 30.8 Å². The molecular weight excluding hydrogens is 280 g/mol. The second-order valence-electron chi connectivity index (χ2n) is 6.31. The maximum Gasteiger partial charge on any atom is 0.261 e. The van der Waals surface area contributed by atoms with Crippen LogP contribution in [0.5, 0.6) is 0 Å².